The fraction of sp³-hybridized carbons (Fsp3) is 0.153. The molecule has 290 valence electrons. The molecule has 3 aliphatic rings. The second-order valence-corrected chi connectivity index (χ2v) is 17.5. The SMILES string of the molecule is CCC1(CC)c2cc(C=Cc3cccc4c3-c3ccccc3C4(c3ccccc3)c3ccccc3)ccc2-c2ccc(Nc3ccc4c(c3)-c3ccccc3C4(C)C)cc21. The highest BCUT2D eigenvalue weighted by Gasteiger charge is 2.46. The summed E-state index contributed by atoms with van der Waals surface area (Å²) >= 11 is 0. The molecule has 11 rings (SSSR count). The summed E-state index contributed by atoms with van der Waals surface area (Å²) in [7, 11) is 0. The van der Waals surface area contributed by atoms with Crippen LogP contribution >= 0.6 is 0 Å². The lowest BCUT2D eigenvalue weighted by Crippen LogP contribution is -2.28. The Hall–Kier alpha value is -6.70. The summed E-state index contributed by atoms with van der Waals surface area (Å²) in [6.07, 6.45) is 6.76. The molecule has 0 atom stereocenters. The van der Waals surface area contributed by atoms with Gasteiger partial charge in [-0.2, -0.15) is 0 Å². The van der Waals surface area contributed by atoms with E-state index in [-0.39, 0.29) is 10.8 Å². The average molecular weight is 772 g/mol. The standard InChI is InChI=1S/C59H49N/c1-5-58(6-2)54-36-39(29-33-46(54)47-34-31-44(38-55(47)58)60-43-32-35-51-49(37-43)45-23-13-15-25-50(45)57(51,3)4)28-30-40-18-17-27-53-56(40)48-24-14-16-26-52(48)59(53,41-19-9-7-10-20-41)42-21-11-8-12-22-42/h7-38,60H,5-6H2,1-4H3. The maximum absolute atomic E-state index is 3.83. The molecule has 0 saturated heterocycles. The molecule has 0 spiro atoms. The van der Waals surface area contributed by atoms with Crippen molar-refractivity contribution in [1.29, 1.82) is 0 Å². The molecule has 3 aliphatic carbocycles. The van der Waals surface area contributed by atoms with Crippen LogP contribution < -0.4 is 5.32 Å². The van der Waals surface area contributed by atoms with Gasteiger partial charge in [0.2, 0.25) is 0 Å². The van der Waals surface area contributed by atoms with Crippen molar-refractivity contribution >= 4 is 23.5 Å². The summed E-state index contributed by atoms with van der Waals surface area (Å²) in [6.45, 7) is 9.41. The lowest BCUT2D eigenvalue weighted by molar-refractivity contribution is 0.490. The van der Waals surface area contributed by atoms with Crippen LogP contribution in [0, 0.1) is 0 Å². The number of rotatable bonds is 8. The van der Waals surface area contributed by atoms with Gasteiger partial charge in [0.1, 0.15) is 0 Å². The monoisotopic (exact) mass is 771 g/mol. The lowest BCUT2D eigenvalue weighted by Gasteiger charge is -2.33. The number of fused-ring (bicyclic) bond motifs is 9. The van der Waals surface area contributed by atoms with Crippen molar-refractivity contribution in [2.75, 3.05) is 5.32 Å². The molecular formula is C59H49N. The number of hydrogen-bond donors (Lipinski definition) is 1. The zero-order valence-corrected chi connectivity index (χ0v) is 34.9. The van der Waals surface area contributed by atoms with Crippen molar-refractivity contribution in [3.05, 3.63) is 238 Å². The van der Waals surface area contributed by atoms with Gasteiger partial charge in [-0.1, -0.05) is 198 Å². The predicted molar refractivity (Wildman–Crippen MR) is 253 cm³/mol. The van der Waals surface area contributed by atoms with Crippen molar-refractivity contribution in [1.82, 2.24) is 0 Å². The van der Waals surface area contributed by atoms with E-state index in [2.05, 4.69) is 227 Å². The Balaban J connectivity index is 0.957. The molecule has 0 amide bonds. The van der Waals surface area contributed by atoms with Crippen LogP contribution in [0.25, 0.3) is 45.5 Å². The predicted octanol–water partition coefficient (Wildman–Crippen LogP) is 15.4. The Bertz CT molecular complexity index is 2960. The molecule has 1 nitrogen and oxygen atoms in total. The van der Waals surface area contributed by atoms with E-state index in [9.17, 15) is 0 Å². The molecule has 0 radical (unpaired) electrons. The Morgan fingerprint density at radius 3 is 1.68 bits per heavy atom. The lowest BCUT2D eigenvalue weighted by atomic mass is 9.67. The van der Waals surface area contributed by atoms with Crippen molar-refractivity contribution in [3.8, 4) is 33.4 Å². The normalized spacial score (nSPS) is 15.5. The molecule has 8 aromatic carbocycles. The number of hydrogen-bond acceptors (Lipinski definition) is 1. The van der Waals surface area contributed by atoms with Crippen LogP contribution in [0.2, 0.25) is 0 Å². The first-order chi connectivity index (χ1) is 29.4. The number of anilines is 2. The van der Waals surface area contributed by atoms with Gasteiger partial charge in [0.05, 0.1) is 5.41 Å². The molecule has 0 aliphatic heterocycles. The van der Waals surface area contributed by atoms with Gasteiger partial charge in [-0.05, 0) is 126 Å². The maximum atomic E-state index is 3.83. The van der Waals surface area contributed by atoms with E-state index in [0.29, 0.717) is 0 Å². The summed E-state index contributed by atoms with van der Waals surface area (Å²) in [5, 5.41) is 3.83. The van der Waals surface area contributed by atoms with Gasteiger partial charge in [-0.25, -0.2) is 0 Å². The van der Waals surface area contributed by atoms with Crippen LogP contribution in [0.4, 0.5) is 11.4 Å². The molecule has 1 N–H and O–H groups in total. The van der Waals surface area contributed by atoms with Crippen LogP contribution in [0.15, 0.2) is 182 Å². The van der Waals surface area contributed by atoms with Gasteiger partial charge < -0.3 is 5.32 Å². The molecule has 0 heterocycles. The van der Waals surface area contributed by atoms with Gasteiger partial charge in [0.15, 0.2) is 0 Å². The fourth-order valence-corrected chi connectivity index (χ4v) is 11.5. The minimum Gasteiger partial charge on any atom is -0.355 e. The van der Waals surface area contributed by atoms with Gasteiger partial charge in [-0.15, -0.1) is 0 Å². The Kier molecular flexibility index (Phi) is 8.30. The maximum Gasteiger partial charge on any atom is 0.0713 e. The summed E-state index contributed by atoms with van der Waals surface area (Å²) in [5.74, 6) is 0. The van der Waals surface area contributed by atoms with Crippen molar-refractivity contribution < 1.29 is 0 Å². The van der Waals surface area contributed by atoms with E-state index < -0.39 is 5.41 Å². The smallest absolute Gasteiger partial charge is 0.0713 e. The van der Waals surface area contributed by atoms with E-state index in [0.717, 1.165) is 24.2 Å². The molecule has 1 heteroatoms. The minimum atomic E-state index is -0.407. The van der Waals surface area contributed by atoms with Crippen LogP contribution in [0.3, 0.4) is 0 Å². The first-order valence-electron chi connectivity index (χ1n) is 21.7. The molecule has 0 bridgehead atoms. The quantitative estimate of drug-likeness (QED) is 0.152. The van der Waals surface area contributed by atoms with Crippen LogP contribution in [0.1, 0.15) is 96.2 Å². The molecule has 0 saturated carbocycles. The summed E-state index contributed by atoms with van der Waals surface area (Å²) < 4.78 is 0. The summed E-state index contributed by atoms with van der Waals surface area (Å²) in [6, 6.07) is 68.0. The molecule has 0 unspecified atom stereocenters. The summed E-state index contributed by atoms with van der Waals surface area (Å²) in [5.41, 5.74) is 23.2. The topological polar surface area (TPSA) is 12.0 Å². The molecule has 60 heavy (non-hydrogen) atoms. The number of benzene rings is 8. The van der Waals surface area contributed by atoms with Crippen molar-refractivity contribution in [2.24, 2.45) is 0 Å². The van der Waals surface area contributed by atoms with Gasteiger partial charge in [0, 0.05) is 22.2 Å². The second kappa shape index (κ2) is 13.7. The Labute approximate surface area is 355 Å². The molecular weight excluding hydrogens is 723 g/mol. The van der Waals surface area contributed by atoms with E-state index >= 15 is 0 Å². The fourth-order valence-electron chi connectivity index (χ4n) is 11.5. The molecule has 0 fully saturated rings. The first-order valence-corrected chi connectivity index (χ1v) is 21.7. The molecule has 0 aromatic heterocycles. The Morgan fingerprint density at radius 1 is 0.417 bits per heavy atom. The van der Waals surface area contributed by atoms with E-state index in [1.165, 1.54) is 89.0 Å². The highest BCUT2D eigenvalue weighted by molar-refractivity contribution is 5.93. The minimum absolute atomic E-state index is 0.00286. The van der Waals surface area contributed by atoms with Crippen molar-refractivity contribution in [3.63, 3.8) is 0 Å². The van der Waals surface area contributed by atoms with Crippen LogP contribution in [0.5, 0.6) is 0 Å². The zero-order chi connectivity index (χ0) is 40.6. The van der Waals surface area contributed by atoms with E-state index in [1.807, 2.05) is 0 Å². The molecule has 8 aromatic rings. The number of nitrogens with one attached hydrogen (secondary N) is 1. The first kappa shape index (κ1) is 36.4. The third kappa shape index (κ3) is 5.11. The summed E-state index contributed by atoms with van der Waals surface area (Å²) in [4.78, 5) is 0. The van der Waals surface area contributed by atoms with Crippen LogP contribution in [-0.4, -0.2) is 0 Å². The van der Waals surface area contributed by atoms with Crippen LogP contribution in [-0.2, 0) is 16.2 Å². The zero-order valence-electron chi connectivity index (χ0n) is 34.9. The highest BCUT2D eigenvalue weighted by atomic mass is 14.9. The second-order valence-electron chi connectivity index (χ2n) is 17.5. The third-order valence-corrected chi connectivity index (χ3v) is 14.4. The van der Waals surface area contributed by atoms with Gasteiger partial charge in [0.25, 0.3) is 0 Å². The van der Waals surface area contributed by atoms with E-state index in [4.69, 9.17) is 0 Å². The van der Waals surface area contributed by atoms with E-state index in [1.54, 1.807) is 0 Å². The van der Waals surface area contributed by atoms with Gasteiger partial charge in [-0.3, -0.25) is 0 Å². The highest BCUT2D eigenvalue weighted by Crippen LogP contribution is 2.58. The third-order valence-electron chi connectivity index (χ3n) is 14.4. The Morgan fingerprint density at radius 2 is 0.967 bits per heavy atom. The van der Waals surface area contributed by atoms with Crippen molar-refractivity contribution in [2.45, 2.75) is 56.8 Å². The average Bonchev–Trinajstić information content (AvgIpc) is 3.85. The largest absolute Gasteiger partial charge is 0.355 e. The van der Waals surface area contributed by atoms with Gasteiger partial charge >= 0.3 is 0 Å².